The monoisotopic (exact) mass is 352 g/mol. The molecule has 0 spiro atoms. The molecule has 0 bridgehead atoms. The van der Waals surface area contributed by atoms with Gasteiger partial charge in [0.25, 0.3) is 0 Å². The summed E-state index contributed by atoms with van der Waals surface area (Å²) in [4.78, 5) is 11.5. The van der Waals surface area contributed by atoms with Gasteiger partial charge in [-0.1, -0.05) is 29.2 Å². The van der Waals surface area contributed by atoms with Crippen LogP contribution in [-0.2, 0) is 6.42 Å². The first-order chi connectivity index (χ1) is 11.0. The smallest absolute Gasteiger partial charge is 0.534 e. The van der Waals surface area contributed by atoms with Crippen LogP contribution in [0.1, 0.15) is 20.9 Å². The van der Waals surface area contributed by atoms with Crippen LogP contribution in [0.4, 0.5) is 0 Å². The highest BCUT2D eigenvalue weighted by molar-refractivity contribution is 8.02. The predicted octanol–water partition coefficient (Wildman–Crippen LogP) is 1.67. The van der Waals surface area contributed by atoms with Crippen LogP contribution < -0.4 is 9.39 Å². The number of nitrogens with zero attached hydrogens (tertiary/aromatic N) is 2. The van der Waals surface area contributed by atoms with E-state index in [0.29, 0.717) is 12.0 Å². The number of hydrogen-bond donors (Lipinski definition) is 2. The van der Waals surface area contributed by atoms with E-state index in [4.69, 9.17) is 9.39 Å². The SMILES string of the molecule is COc1ccc2c(c1C(=O)O)OB(O)[C@@H](Sc1nnc(C)s1)C2. The molecule has 0 fully saturated rings. The number of carbonyl (C=O) groups is 1. The predicted molar refractivity (Wildman–Crippen MR) is 86.5 cm³/mol. The molecule has 0 unspecified atom stereocenters. The van der Waals surface area contributed by atoms with Crippen LogP contribution in [0.5, 0.6) is 11.5 Å². The van der Waals surface area contributed by atoms with Crippen molar-refractivity contribution >= 4 is 36.2 Å². The lowest BCUT2D eigenvalue weighted by Gasteiger charge is -2.27. The average molecular weight is 352 g/mol. The van der Waals surface area contributed by atoms with Crippen LogP contribution in [0.25, 0.3) is 0 Å². The van der Waals surface area contributed by atoms with Gasteiger partial charge in [-0.25, -0.2) is 4.79 Å². The third-order valence-electron chi connectivity index (χ3n) is 3.37. The Morgan fingerprint density at radius 3 is 2.91 bits per heavy atom. The first kappa shape index (κ1) is 16.1. The zero-order valence-corrected chi connectivity index (χ0v) is 14.0. The fourth-order valence-corrected chi connectivity index (χ4v) is 4.47. The van der Waals surface area contributed by atoms with Crippen molar-refractivity contribution in [1.29, 1.82) is 0 Å². The van der Waals surface area contributed by atoms with E-state index in [1.807, 2.05) is 6.92 Å². The number of aryl methyl sites for hydroxylation is 1. The van der Waals surface area contributed by atoms with E-state index in [2.05, 4.69) is 10.2 Å². The maximum atomic E-state index is 11.5. The molecule has 7 nitrogen and oxygen atoms in total. The zero-order chi connectivity index (χ0) is 16.6. The molecule has 1 atom stereocenters. The van der Waals surface area contributed by atoms with E-state index in [1.165, 1.54) is 30.2 Å². The van der Waals surface area contributed by atoms with Crippen LogP contribution in [-0.4, -0.2) is 45.7 Å². The topological polar surface area (TPSA) is 102 Å². The lowest BCUT2D eigenvalue weighted by molar-refractivity contribution is 0.0690. The van der Waals surface area contributed by atoms with Crippen molar-refractivity contribution in [2.24, 2.45) is 0 Å². The fraction of sp³-hybridized carbons (Fsp3) is 0.308. The number of ether oxygens (including phenoxy) is 1. The van der Waals surface area contributed by atoms with Gasteiger partial charge >= 0.3 is 13.1 Å². The van der Waals surface area contributed by atoms with Crippen molar-refractivity contribution in [2.75, 3.05) is 7.11 Å². The number of aromatic carboxylic acids is 1. The standard InChI is InChI=1S/C13H13BN2O5S2/c1-6-15-16-13(22-6)23-9-5-7-3-4-8(20-2)10(12(17)18)11(7)21-14(9)19/h3-4,9,19H,5H2,1-2H3,(H,17,18)/t9-/m0/s1. The quantitative estimate of drug-likeness (QED) is 0.802. The summed E-state index contributed by atoms with van der Waals surface area (Å²) in [5.41, 5.74) is 0.645. The van der Waals surface area contributed by atoms with E-state index >= 15 is 0 Å². The number of methoxy groups -OCH3 is 1. The van der Waals surface area contributed by atoms with Gasteiger partial charge in [0.1, 0.15) is 22.1 Å². The number of rotatable bonds is 4. The van der Waals surface area contributed by atoms with Gasteiger partial charge < -0.3 is 19.5 Å². The Morgan fingerprint density at radius 2 is 2.30 bits per heavy atom. The summed E-state index contributed by atoms with van der Waals surface area (Å²) in [5.74, 6) is -0.791. The zero-order valence-electron chi connectivity index (χ0n) is 12.3. The van der Waals surface area contributed by atoms with Gasteiger partial charge in [0.05, 0.1) is 12.3 Å². The van der Waals surface area contributed by atoms with Gasteiger partial charge in [0.2, 0.25) is 0 Å². The lowest BCUT2D eigenvalue weighted by atomic mass is 9.77. The first-order valence-corrected chi connectivity index (χ1v) is 8.44. The molecule has 23 heavy (non-hydrogen) atoms. The van der Waals surface area contributed by atoms with Gasteiger partial charge in [-0.2, -0.15) is 0 Å². The van der Waals surface area contributed by atoms with E-state index in [0.717, 1.165) is 9.35 Å². The van der Waals surface area contributed by atoms with E-state index in [-0.39, 0.29) is 22.2 Å². The van der Waals surface area contributed by atoms with Crippen LogP contribution >= 0.6 is 23.1 Å². The summed E-state index contributed by atoms with van der Waals surface area (Å²) in [6.45, 7) is 1.86. The number of aromatic nitrogens is 2. The van der Waals surface area contributed by atoms with Gasteiger partial charge in [-0.05, 0) is 25.0 Å². The van der Waals surface area contributed by atoms with Crippen LogP contribution in [0, 0.1) is 6.92 Å². The Kier molecular flexibility index (Phi) is 4.47. The first-order valence-electron chi connectivity index (χ1n) is 6.74. The minimum absolute atomic E-state index is 0.0701. The lowest BCUT2D eigenvalue weighted by Crippen LogP contribution is -2.40. The fourth-order valence-electron chi connectivity index (χ4n) is 2.35. The molecular weight excluding hydrogens is 339 g/mol. The molecule has 1 aromatic carbocycles. The minimum atomic E-state index is -1.16. The Bertz CT molecular complexity index is 754. The van der Waals surface area contributed by atoms with Gasteiger partial charge in [-0.15, -0.1) is 10.2 Å². The number of fused-ring (bicyclic) bond motifs is 1. The van der Waals surface area contributed by atoms with E-state index in [9.17, 15) is 14.9 Å². The van der Waals surface area contributed by atoms with Crippen molar-refractivity contribution in [3.8, 4) is 11.5 Å². The van der Waals surface area contributed by atoms with Crippen LogP contribution in [0.2, 0.25) is 0 Å². The summed E-state index contributed by atoms with van der Waals surface area (Å²) < 4.78 is 11.3. The van der Waals surface area contributed by atoms with Crippen LogP contribution in [0.15, 0.2) is 16.5 Å². The third-order valence-corrected chi connectivity index (χ3v) is 5.53. The van der Waals surface area contributed by atoms with Crippen molar-refractivity contribution in [3.63, 3.8) is 0 Å². The number of thioether (sulfide) groups is 1. The molecule has 3 rings (SSSR count). The minimum Gasteiger partial charge on any atom is -0.534 e. The molecule has 0 amide bonds. The maximum Gasteiger partial charge on any atom is 0.537 e. The van der Waals surface area contributed by atoms with Crippen molar-refractivity contribution < 1.29 is 24.3 Å². The second-order valence-corrected chi connectivity index (χ2v) is 7.56. The molecule has 1 aliphatic rings. The molecule has 1 aliphatic heterocycles. The van der Waals surface area contributed by atoms with Gasteiger partial charge in [0, 0.05) is 0 Å². The Labute approximate surface area is 140 Å². The number of hydrogen-bond acceptors (Lipinski definition) is 8. The molecule has 1 aromatic heterocycles. The molecule has 2 heterocycles. The molecule has 0 radical (unpaired) electrons. The highest BCUT2D eigenvalue weighted by atomic mass is 32.2. The van der Waals surface area contributed by atoms with E-state index in [1.54, 1.807) is 12.1 Å². The second kappa shape index (κ2) is 6.38. The largest absolute Gasteiger partial charge is 0.537 e. The maximum absolute atomic E-state index is 11.5. The molecule has 2 aromatic rings. The van der Waals surface area contributed by atoms with Gasteiger partial charge in [0.15, 0.2) is 4.34 Å². The molecule has 0 saturated carbocycles. The number of carboxylic acid groups (broad SMARTS) is 1. The third kappa shape index (κ3) is 3.14. The second-order valence-electron chi connectivity index (χ2n) is 4.89. The molecular formula is C13H13BN2O5S2. The normalized spacial score (nSPS) is 16.7. The molecule has 10 heteroatoms. The van der Waals surface area contributed by atoms with Crippen molar-refractivity contribution in [3.05, 3.63) is 28.3 Å². The summed E-state index contributed by atoms with van der Waals surface area (Å²) in [6, 6.07) is 3.35. The summed E-state index contributed by atoms with van der Waals surface area (Å²) in [7, 11) is 0.256. The highest BCUT2D eigenvalue weighted by Gasteiger charge is 2.39. The van der Waals surface area contributed by atoms with E-state index < -0.39 is 13.1 Å². The number of carboxylic acids is 1. The molecule has 120 valence electrons. The Morgan fingerprint density at radius 1 is 1.52 bits per heavy atom. The Balaban J connectivity index is 1.91. The average Bonchev–Trinajstić information content (AvgIpc) is 2.92. The summed E-state index contributed by atoms with van der Waals surface area (Å²) >= 11 is 2.81. The Hall–Kier alpha value is -1.78. The van der Waals surface area contributed by atoms with Crippen LogP contribution in [0.3, 0.4) is 0 Å². The highest BCUT2D eigenvalue weighted by Crippen LogP contribution is 2.40. The van der Waals surface area contributed by atoms with Crippen molar-refractivity contribution in [2.45, 2.75) is 22.8 Å². The summed E-state index contributed by atoms with van der Waals surface area (Å²) in [5, 5.41) is 28.1. The van der Waals surface area contributed by atoms with Crippen molar-refractivity contribution in [1.82, 2.24) is 10.2 Å². The molecule has 2 N–H and O–H groups in total. The molecule has 0 saturated heterocycles. The molecule has 0 aliphatic carbocycles. The summed E-state index contributed by atoms with van der Waals surface area (Å²) in [6.07, 6.45) is 0.462. The number of benzene rings is 1. The van der Waals surface area contributed by atoms with Gasteiger partial charge in [-0.3, -0.25) is 0 Å².